The Labute approximate surface area is 81.1 Å². The number of hydrogen-bond acceptors (Lipinski definition) is 3. The second kappa shape index (κ2) is 4.13. The van der Waals surface area contributed by atoms with Crippen LogP contribution < -0.4 is 4.74 Å². The summed E-state index contributed by atoms with van der Waals surface area (Å²) in [6.07, 6.45) is 0. The zero-order chi connectivity index (χ0) is 9.84. The molecule has 1 rings (SSSR count). The number of aliphatic hydroxyl groups is 1. The Morgan fingerprint density at radius 1 is 1.62 bits per heavy atom. The lowest BCUT2D eigenvalue weighted by Crippen LogP contribution is -1.94. The molecule has 0 saturated heterocycles. The van der Waals surface area contributed by atoms with Crippen molar-refractivity contribution < 1.29 is 9.84 Å². The Morgan fingerprint density at radius 2 is 2.31 bits per heavy atom. The maximum atomic E-state index is 9.10. The summed E-state index contributed by atoms with van der Waals surface area (Å²) in [5, 5.41) is 17.7. The molecule has 0 saturated carbocycles. The van der Waals surface area contributed by atoms with Crippen molar-refractivity contribution in [3.8, 4) is 11.8 Å². The van der Waals surface area contributed by atoms with E-state index in [1.54, 1.807) is 12.1 Å². The Bertz CT molecular complexity index is 344. The first-order valence-electron chi connectivity index (χ1n) is 3.59. The molecule has 0 radical (unpaired) electrons. The number of rotatable bonds is 2. The topological polar surface area (TPSA) is 53.2 Å². The van der Waals surface area contributed by atoms with E-state index in [1.807, 2.05) is 6.07 Å². The highest BCUT2D eigenvalue weighted by Crippen LogP contribution is 2.28. The first kappa shape index (κ1) is 9.85. The number of ether oxygens (including phenoxy) is 1. The molecule has 0 spiro atoms. The summed E-state index contributed by atoms with van der Waals surface area (Å²) in [5.74, 6) is 0.418. The monoisotopic (exact) mass is 197 g/mol. The van der Waals surface area contributed by atoms with E-state index in [1.165, 1.54) is 13.2 Å². The number of nitrogens with zero attached hydrogens (tertiary/aromatic N) is 1. The minimum Gasteiger partial charge on any atom is -0.496 e. The van der Waals surface area contributed by atoms with Crippen LogP contribution in [-0.2, 0) is 0 Å². The van der Waals surface area contributed by atoms with E-state index in [9.17, 15) is 0 Å². The van der Waals surface area contributed by atoms with Crippen LogP contribution in [0.2, 0.25) is 0 Å². The number of halogens is 1. The van der Waals surface area contributed by atoms with Crippen LogP contribution >= 0.6 is 11.6 Å². The zero-order valence-corrected chi connectivity index (χ0v) is 7.75. The van der Waals surface area contributed by atoms with Gasteiger partial charge in [0, 0.05) is 5.56 Å². The molecule has 1 atom stereocenters. The molecular weight excluding hydrogens is 190 g/mol. The molecule has 0 aliphatic heterocycles. The average molecular weight is 198 g/mol. The zero-order valence-electron chi connectivity index (χ0n) is 6.99. The maximum absolute atomic E-state index is 9.10. The average Bonchev–Trinajstić information content (AvgIpc) is 2.16. The summed E-state index contributed by atoms with van der Waals surface area (Å²) in [4.78, 5) is 0. The van der Waals surface area contributed by atoms with Crippen LogP contribution in [-0.4, -0.2) is 12.2 Å². The highest BCUT2D eigenvalue weighted by atomic mass is 35.5. The van der Waals surface area contributed by atoms with Crippen LogP contribution in [0.15, 0.2) is 18.2 Å². The first-order valence-corrected chi connectivity index (χ1v) is 4.03. The summed E-state index contributed by atoms with van der Waals surface area (Å²) in [6, 6.07) is 6.63. The van der Waals surface area contributed by atoms with Gasteiger partial charge in [-0.2, -0.15) is 5.26 Å². The van der Waals surface area contributed by atoms with E-state index >= 15 is 0 Å². The van der Waals surface area contributed by atoms with Crippen LogP contribution in [0, 0.1) is 11.3 Å². The summed E-state index contributed by atoms with van der Waals surface area (Å²) in [7, 11) is 1.46. The largest absolute Gasteiger partial charge is 0.496 e. The lowest BCUT2D eigenvalue weighted by molar-refractivity contribution is 0.255. The SMILES string of the molecule is COc1cc(C#N)ccc1C(O)Cl. The predicted octanol–water partition coefficient (Wildman–Crippen LogP) is 1.80. The van der Waals surface area contributed by atoms with Gasteiger partial charge in [-0.05, 0) is 12.1 Å². The fourth-order valence-electron chi connectivity index (χ4n) is 0.977. The van der Waals surface area contributed by atoms with Crippen LogP contribution in [0.1, 0.15) is 16.7 Å². The fourth-order valence-corrected chi connectivity index (χ4v) is 1.16. The van der Waals surface area contributed by atoms with E-state index in [0.717, 1.165) is 0 Å². The molecule has 4 heteroatoms. The Hall–Kier alpha value is -1.24. The van der Waals surface area contributed by atoms with E-state index in [2.05, 4.69) is 0 Å². The molecule has 0 amide bonds. The third kappa shape index (κ3) is 2.11. The second-order valence-corrected chi connectivity index (χ2v) is 2.82. The Balaban J connectivity index is 3.17. The van der Waals surface area contributed by atoms with E-state index < -0.39 is 5.56 Å². The van der Waals surface area contributed by atoms with Crippen molar-refractivity contribution in [2.24, 2.45) is 0 Å². The highest BCUT2D eigenvalue weighted by Gasteiger charge is 2.10. The smallest absolute Gasteiger partial charge is 0.157 e. The van der Waals surface area contributed by atoms with Gasteiger partial charge >= 0.3 is 0 Å². The molecule has 0 aromatic heterocycles. The van der Waals surface area contributed by atoms with Crippen molar-refractivity contribution >= 4 is 11.6 Å². The molecule has 0 aliphatic rings. The molecular formula is C9H8ClNO2. The van der Waals surface area contributed by atoms with E-state index in [4.69, 9.17) is 26.7 Å². The molecule has 13 heavy (non-hydrogen) atoms. The quantitative estimate of drug-likeness (QED) is 0.736. The van der Waals surface area contributed by atoms with Crippen molar-refractivity contribution in [2.45, 2.75) is 5.56 Å². The minimum absolute atomic E-state index is 0.418. The second-order valence-electron chi connectivity index (χ2n) is 2.40. The number of methoxy groups -OCH3 is 1. The van der Waals surface area contributed by atoms with Gasteiger partial charge in [0.2, 0.25) is 0 Å². The summed E-state index contributed by atoms with van der Waals surface area (Å²) in [5.41, 5.74) is -0.177. The number of hydrogen-bond donors (Lipinski definition) is 1. The van der Waals surface area contributed by atoms with Gasteiger partial charge in [-0.25, -0.2) is 0 Å². The third-order valence-corrected chi connectivity index (χ3v) is 1.85. The number of alkyl halides is 1. The third-order valence-electron chi connectivity index (χ3n) is 1.62. The maximum Gasteiger partial charge on any atom is 0.157 e. The van der Waals surface area contributed by atoms with Crippen LogP contribution in [0.4, 0.5) is 0 Å². The van der Waals surface area contributed by atoms with E-state index in [-0.39, 0.29) is 0 Å². The predicted molar refractivity (Wildman–Crippen MR) is 48.5 cm³/mol. The minimum atomic E-state index is -1.11. The van der Waals surface area contributed by atoms with E-state index in [0.29, 0.717) is 16.9 Å². The van der Waals surface area contributed by atoms with Gasteiger partial charge in [0.05, 0.1) is 18.7 Å². The fraction of sp³-hybridized carbons (Fsp3) is 0.222. The van der Waals surface area contributed by atoms with Crippen molar-refractivity contribution in [3.05, 3.63) is 29.3 Å². The number of nitriles is 1. The van der Waals surface area contributed by atoms with Crippen molar-refractivity contribution in [1.29, 1.82) is 5.26 Å². The van der Waals surface area contributed by atoms with Gasteiger partial charge in [0.15, 0.2) is 5.56 Å². The standard InChI is InChI=1S/C9H8ClNO2/c1-13-8-4-6(5-11)2-3-7(8)9(10)12/h2-4,9,12H,1H3. The van der Waals surface area contributed by atoms with Crippen molar-refractivity contribution in [2.75, 3.05) is 7.11 Å². The molecule has 1 aromatic rings. The summed E-state index contributed by atoms with van der Waals surface area (Å²) in [6.45, 7) is 0. The van der Waals surface area contributed by atoms with Crippen LogP contribution in [0.25, 0.3) is 0 Å². The van der Waals surface area contributed by atoms with Gasteiger partial charge in [0.1, 0.15) is 5.75 Å². The molecule has 0 bridgehead atoms. The lowest BCUT2D eigenvalue weighted by Gasteiger charge is -2.08. The summed E-state index contributed by atoms with van der Waals surface area (Å²) < 4.78 is 4.95. The number of aliphatic hydroxyl groups excluding tert-OH is 1. The molecule has 1 N–H and O–H groups in total. The molecule has 1 aromatic carbocycles. The van der Waals surface area contributed by atoms with Crippen molar-refractivity contribution in [3.63, 3.8) is 0 Å². The van der Waals surface area contributed by atoms with Crippen molar-refractivity contribution in [1.82, 2.24) is 0 Å². The molecule has 1 unspecified atom stereocenters. The normalized spacial score (nSPS) is 11.8. The summed E-state index contributed by atoms with van der Waals surface area (Å²) >= 11 is 5.48. The van der Waals surface area contributed by atoms with Gasteiger partial charge in [-0.3, -0.25) is 0 Å². The molecule has 68 valence electrons. The van der Waals surface area contributed by atoms with Crippen LogP contribution in [0.3, 0.4) is 0 Å². The number of benzene rings is 1. The Kier molecular flexibility index (Phi) is 3.13. The molecule has 3 nitrogen and oxygen atoms in total. The molecule has 0 heterocycles. The van der Waals surface area contributed by atoms with Gasteiger partial charge < -0.3 is 9.84 Å². The first-order chi connectivity index (χ1) is 6.19. The molecule has 0 fully saturated rings. The lowest BCUT2D eigenvalue weighted by atomic mass is 10.1. The van der Waals surface area contributed by atoms with Gasteiger partial charge in [0.25, 0.3) is 0 Å². The van der Waals surface area contributed by atoms with Gasteiger partial charge in [-0.15, -0.1) is 0 Å². The van der Waals surface area contributed by atoms with Gasteiger partial charge in [-0.1, -0.05) is 17.7 Å². The highest BCUT2D eigenvalue weighted by molar-refractivity contribution is 6.19. The van der Waals surface area contributed by atoms with Crippen LogP contribution in [0.5, 0.6) is 5.75 Å². The Morgan fingerprint density at radius 3 is 2.77 bits per heavy atom. The molecule has 0 aliphatic carbocycles.